The van der Waals surface area contributed by atoms with Gasteiger partial charge in [0.05, 0.1) is 23.6 Å². The van der Waals surface area contributed by atoms with E-state index in [0.29, 0.717) is 29.1 Å². The van der Waals surface area contributed by atoms with E-state index in [-0.39, 0.29) is 17.4 Å². The molecule has 5 nitrogen and oxygen atoms in total. The standard InChI is InChI=1S/C26H24F2N4O/c27-20-7-3-5-18(15-20)25-26(19-6-4-8-21(28)16-19)30-24(29-25)17-31-11-13-32(14-12-31)22-9-1-2-10-23(22)33/h1-10,15-16,33H,11-14,17H2,(H,29,30). The van der Waals surface area contributed by atoms with E-state index in [0.717, 1.165) is 37.7 Å². The van der Waals surface area contributed by atoms with Crippen LogP contribution in [-0.2, 0) is 6.54 Å². The number of benzene rings is 3. The molecule has 2 heterocycles. The molecule has 0 spiro atoms. The Hall–Kier alpha value is -3.71. The molecule has 0 saturated carbocycles. The van der Waals surface area contributed by atoms with Crippen molar-refractivity contribution in [1.29, 1.82) is 0 Å². The van der Waals surface area contributed by atoms with E-state index in [1.54, 1.807) is 24.3 Å². The number of phenols is 1. The van der Waals surface area contributed by atoms with Crippen LogP contribution in [0.15, 0.2) is 72.8 Å². The van der Waals surface area contributed by atoms with Crippen molar-refractivity contribution in [3.05, 3.63) is 90.3 Å². The summed E-state index contributed by atoms with van der Waals surface area (Å²) < 4.78 is 27.8. The fraction of sp³-hybridized carbons (Fsp3) is 0.192. The monoisotopic (exact) mass is 446 g/mol. The largest absolute Gasteiger partial charge is 0.506 e. The molecule has 1 fully saturated rings. The third-order valence-corrected chi connectivity index (χ3v) is 5.93. The zero-order chi connectivity index (χ0) is 22.8. The van der Waals surface area contributed by atoms with E-state index in [2.05, 4.69) is 14.8 Å². The van der Waals surface area contributed by atoms with Gasteiger partial charge in [-0.25, -0.2) is 13.8 Å². The van der Waals surface area contributed by atoms with Gasteiger partial charge in [0.1, 0.15) is 23.2 Å². The lowest BCUT2D eigenvalue weighted by Gasteiger charge is -2.35. The number of H-pyrrole nitrogens is 1. The zero-order valence-corrected chi connectivity index (χ0v) is 18.0. The number of aromatic hydroxyl groups is 1. The molecule has 1 aliphatic rings. The van der Waals surface area contributed by atoms with Gasteiger partial charge in [0, 0.05) is 37.3 Å². The predicted molar refractivity (Wildman–Crippen MR) is 125 cm³/mol. The van der Waals surface area contributed by atoms with Crippen LogP contribution >= 0.6 is 0 Å². The van der Waals surface area contributed by atoms with Crippen molar-refractivity contribution in [3.8, 4) is 28.3 Å². The Labute approximate surface area is 190 Å². The number of nitrogens with zero attached hydrogens (tertiary/aromatic N) is 3. The maximum Gasteiger partial charge on any atom is 0.138 e. The maximum absolute atomic E-state index is 13.9. The first-order chi connectivity index (χ1) is 16.1. The van der Waals surface area contributed by atoms with E-state index in [9.17, 15) is 13.9 Å². The Morgan fingerprint density at radius 2 is 1.48 bits per heavy atom. The van der Waals surface area contributed by atoms with Crippen LogP contribution in [0.1, 0.15) is 5.82 Å². The van der Waals surface area contributed by atoms with Crippen molar-refractivity contribution >= 4 is 5.69 Å². The van der Waals surface area contributed by atoms with E-state index in [1.807, 2.05) is 24.3 Å². The minimum atomic E-state index is -0.345. The van der Waals surface area contributed by atoms with Crippen LogP contribution in [0.25, 0.3) is 22.5 Å². The van der Waals surface area contributed by atoms with Crippen molar-refractivity contribution in [3.63, 3.8) is 0 Å². The van der Waals surface area contributed by atoms with E-state index < -0.39 is 0 Å². The van der Waals surface area contributed by atoms with Crippen LogP contribution in [0.2, 0.25) is 0 Å². The summed E-state index contributed by atoms with van der Waals surface area (Å²) in [4.78, 5) is 12.6. The summed E-state index contributed by atoms with van der Waals surface area (Å²) in [5.74, 6) is 0.345. The number of imidazole rings is 1. The number of aromatic amines is 1. The van der Waals surface area contributed by atoms with Gasteiger partial charge in [0.15, 0.2) is 0 Å². The highest BCUT2D eigenvalue weighted by molar-refractivity contribution is 5.78. The number of nitrogens with one attached hydrogen (secondary N) is 1. The van der Waals surface area contributed by atoms with Gasteiger partial charge in [-0.2, -0.15) is 0 Å². The zero-order valence-electron chi connectivity index (χ0n) is 18.0. The molecular weight excluding hydrogens is 422 g/mol. The Bertz CT molecular complexity index is 1200. The fourth-order valence-corrected chi connectivity index (χ4v) is 4.28. The minimum absolute atomic E-state index is 0.288. The Morgan fingerprint density at radius 3 is 2.18 bits per heavy atom. The van der Waals surface area contributed by atoms with Gasteiger partial charge in [0.2, 0.25) is 0 Å². The molecule has 0 bridgehead atoms. The highest BCUT2D eigenvalue weighted by atomic mass is 19.1. The summed E-state index contributed by atoms with van der Waals surface area (Å²) in [6, 6.07) is 20.0. The van der Waals surface area contributed by atoms with E-state index >= 15 is 0 Å². The number of para-hydroxylation sites is 2. The molecule has 4 aromatic rings. The summed E-state index contributed by atoms with van der Waals surface area (Å²) in [6.45, 7) is 3.77. The Morgan fingerprint density at radius 1 is 0.818 bits per heavy atom. The summed E-state index contributed by atoms with van der Waals surface area (Å²) >= 11 is 0. The molecule has 2 N–H and O–H groups in total. The van der Waals surface area contributed by atoms with Crippen molar-refractivity contribution in [2.24, 2.45) is 0 Å². The van der Waals surface area contributed by atoms with E-state index in [4.69, 9.17) is 4.98 Å². The van der Waals surface area contributed by atoms with Crippen molar-refractivity contribution < 1.29 is 13.9 Å². The number of halogens is 2. The second-order valence-electron chi connectivity index (χ2n) is 8.18. The number of hydrogen-bond donors (Lipinski definition) is 2. The van der Waals surface area contributed by atoms with Gasteiger partial charge >= 0.3 is 0 Å². The average Bonchev–Trinajstić information content (AvgIpc) is 3.24. The van der Waals surface area contributed by atoms with Crippen LogP contribution in [-0.4, -0.2) is 46.2 Å². The number of aromatic nitrogens is 2. The molecule has 3 aromatic carbocycles. The SMILES string of the molecule is Oc1ccccc1N1CCN(Cc2nc(-c3cccc(F)c3)c(-c3cccc(F)c3)[nH]2)CC1. The van der Waals surface area contributed by atoms with Gasteiger partial charge in [-0.05, 0) is 36.4 Å². The second-order valence-corrected chi connectivity index (χ2v) is 8.18. The molecule has 0 amide bonds. The van der Waals surface area contributed by atoms with Crippen LogP contribution in [0.5, 0.6) is 5.75 Å². The molecule has 1 aliphatic heterocycles. The second kappa shape index (κ2) is 9.03. The number of piperazine rings is 1. The van der Waals surface area contributed by atoms with Crippen LogP contribution in [0.4, 0.5) is 14.5 Å². The van der Waals surface area contributed by atoms with Gasteiger partial charge < -0.3 is 15.0 Å². The number of rotatable bonds is 5. The van der Waals surface area contributed by atoms with Gasteiger partial charge in [-0.15, -0.1) is 0 Å². The molecule has 1 aromatic heterocycles. The molecule has 5 rings (SSSR count). The summed E-state index contributed by atoms with van der Waals surface area (Å²) in [7, 11) is 0. The molecule has 168 valence electrons. The highest BCUT2D eigenvalue weighted by Crippen LogP contribution is 2.32. The summed E-state index contributed by atoms with van der Waals surface area (Å²) in [5, 5.41) is 10.1. The lowest BCUT2D eigenvalue weighted by atomic mass is 10.0. The van der Waals surface area contributed by atoms with Crippen LogP contribution in [0, 0.1) is 11.6 Å². The maximum atomic E-state index is 13.9. The molecule has 0 radical (unpaired) electrons. The van der Waals surface area contributed by atoms with Gasteiger partial charge in [-0.1, -0.05) is 36.4 Å². The van der Waals surface area contributed by atoms with Crippen LogP contribution in [0.3, 0.4) is 0 Å². The molecule has 7 heteroatoms. The lowest BCUT2D eigenvalue weighted by molar-refractivity contribution is 0.244. The smallest absolute Gasteiger partial charge is 0.138 e. The molecule has 0 atom stereocenters. The lowest BCUT2D eigenvalue weighted by Crippen LogP contribution is -2.46. The minimum Gasteiger partial charge on any atom is -0.506 e. The van der Waals surface area contributed by atoms with Crippen molar-refractivity contribution in [2.75, 3.05) is 31.1 Å². The topological polar surface area (TPSA) is 55.4 Å². The van der Waals surface area contributed by atoms with Crippen molar-refractivity contribution in [2.45, 2.75) is 6.54 Å². The van der Waals surface area contributed by atoms with Gasteiger partial charge in [-0.3, -0.25) is 4.90 Å². The first-order valence-electron chi connectivity index (χ1n) is 10.9. The number of hydrogen-bond acceptors (Lipinski definition) is 4. The first kappa shape index (κ1) is 21.2. The third kappa shape index (κ3) is 4.59. The molecule has 0 unspecified atom stereocenters. The van der Waals surface area contributed by atoms with Gasteiger partial charge in [0.25, 0.3) is 0 Å². The molecule has 33 heavy (non-hydrogen) atoms. The third-order valence-electron chi connectivity index (χ3n) is 5.93. The molecule has 1 saturated heterocycles. The Balaban J connectivity index is 1.38. The summed E-state index contributed by atoms with van der Waals surface area (Å²) in [6.07, 6.45) is 0. The molecular formula is C26H24F2N4O. The van der Waals surface area contributed by atoms with E-state index in [1.165, 1.54) is 24.3 Å². The number of anilines is 1. The normalized spacial score (nSPS) is 14.5. The predicted octanol–water partition coefficient (Wildman–Crippen LogP) is 5.05. The average molecular weight is 447 g/mol. The Kier molecular flexibility index (Phi) is 5.79. The highest BCUT2D eigenvalue weighted by Gasteiger charge is 2.22. The first-order valence-corrected chi connectivity index (χ1v) is 10.9. The van der Waals surface area contributed by atoms with Crippen molar-refractivity contribution in [1.82, 2.24) is 14.9 Å². The fourth-order valence-electron chi connectivity index (χ4n) is 4.28. The number of phenolic OH excluding ortho intramolecular Hbond substituents is 1. The summed E-state index contributed by atoms with van der Waals surface area (Å²) in [5.41, 5.74) is 3.42. The van der Waals surface area contributed by atoms with Crippen LogP contribution < -0.4 is 4.90 Å². The molecule has 0 aliphatic carbocycles. The quantitative estimate of drug-likeness (QED) is 0.451.